The summed E-state index contributed by atoms with van der Waals surface area (Å²) in [6.45, 7) is 2.81. The normalized spacial score (nSPS) is 19.3. The maximum absolute atomic E-state index is 12.9. The molecule has 0 amide bonds. The van der Waals surface area contributed by atoms with Crippen LogP contribution in [0.5, 0.6) is 0 Å². The van der Waals surface area contributed by atoms with Crippen LogP contribution in [0.3, 0.4) is 0 Å². The van der Waals surface area contributed by atoms with Gasteiger partial charge in [-0.2, -0.15) is 0 Å². The van der Waals surface area contributed by atoms with Crippen molar-refractivity contribution in [2.45, 2.75) is 42.9 Å². The van der Waals surface area contributed by atoms with Crippen molar-refractivity contribution >= 4 is 29.3 Å². The Bertz CT molecular complexity index is 1090. The van der Waals surface area contributed by atoms with E-state index in [-0.39, 0.29) is 23.2 Å². The van der Waals surface area contributed by atoms with E-state index in [0.29, 0.717) is 24.4 Å². The molecular weight excluding hydrogens is 410 g/mol. The van der Waals surface area contributed by atoms with Crippen LogP contribution in [0.1, 0.15) is 48.1 Å². The molecule has 0 radical (unpaired) electrons. The number of nitrogen functional groups attached to an aromatic ring is 1. The zero-order valence-corrected chi connectivity index (χ0v) is 17.2. The number of aromatic nitrogens is 5. The van der Waals surface area contributed by atoms with E-state index in [0.717, 1.165) is 44.7 Å². The smallest absolute Gasteiger partial charge is 0.330 e. The van der Waals surface area contributed by atoms with Crippen molar-refractivity contribution in [3.05, 3.63) is 26.4 Å². The van der Waals surface area contributed by atoms with Gasteiger partial charge in [-0.15, -0.1) is 10.2 Å². The summed E-state index contributed by atoms with van der Waals surface area (Å²) in [6.07, 6.45) is 3.73. The number of nitrogens with zero attached hydrogens (tertiary/aromatic N) is 5. The number of nitrogens with two attached hydrogens (primary N) is 1. The van der Waals surface area contributed by atoms with Gasteiger partial charge in [-0.1, -0.05) is 11.8 Å². The Hall–Kier alpha value is -2.60. The van der Waals surface area contributed by atoms with Gasteiger partial charge in [0.2, 0.25) is 5.95 Å². The third-order valence-electron chi connectivity index (χ3n) is 5.56. The Kier molecular flexibility index (Phi) is 4.89. The fraction of sp³-hybridized carbons (Fsp3) is 0.611. The lowest BCUT2D eigenvalue weighted by molar-refractivity contribution is 0.102. The molecular formula is C18H23N7O4S. The Morgan fingerprint density at radius 1 is 1.10 bits per heavy atom. The van der Waals surface area contributed by atoms with Crippen LogP contribution in [0.25, 0.3) is 0 Å². The second kappa shape index (κ2) is 7.58. The number of aromatic amines is 1. The fourth-order valence-corrected chi connectivity index (χ4v) is 4.60. The van der Waals surface area contributed by atoms with Gasteiger partial charge in [0.15, 0.2) is 10.9 Å². The van der Waals surface area contributed by atoms with Crippen LogP contribution in [0.15, 0.2) is 14.7 Å². The molecule has 3 aliphatic rings. The summed E-state index contributed by atoms with van der Waals surface area (Å²) in [5.41, 5.74) is 4.59. The molecule has 0 aromatic carbocycles. The average molecular weight is 433 g/mol. The van der Waals surface area contributed by atoms with Gasteiger partial charge in [0.1, 0.15) is 11.4 Å². The predicted octanol–water partition coefficient (Wildman–Crippen LogP) is 0.192. The summed E-state index contributed by atoms with van der Waals surface area (Å²) in [6, 6.07) is 0.295. The number of Topliss-reactive ketones (excluding diaryl/α,β-unsaturated/α-hetero) is 1. The zero-order chi connectivity index (χ0) is 20.8. The van der Waals surface area contributed by atoms with Gasteiger partial charge in [0.05, 0.1) is 19.0 Å². The Balaban J connectivity index is 1.38. The average Bonchev–Trinajstić information content (AvgIpc) is 3.66. The lowest BCUT2D eigenvalue weighted by Crippen LogP contribution is -2.38. The fourth-order valence-electron chi connectivity index (χ4n) is 3.73. The van der Waals surface area contributed by atoms with Gasteiger partial charge in [0.25, 0.3) is 5.56 Å². The van der Waals surface area contributed by atoms with Gasteiger partial charge in [-0.3, -0.25) is 23.7 Å². The van der Waals surface area contributed by atoms with Crippen molar-refractivity contribution in [1.29, 1.82) is 0 Å². The van der Waals surface area contributed by atoms with E-state index in [1.165, 1.54) is 16.3 Å². The molecule has 2 saturated carbocycles. The standard InChI is InChI=1S/C18H23N7O4S/c19-14-13(15(27)20-17(28)24(14)10-1-2-10)12(26)9-30-18-22-21-16(25(18)11-3-4-11)23-5-7-29-8-6-23/h10-11H,1-9,19H2,(H,20,27,28). The summed E-state index contributed by atoms with van der Waals surface area (Å²) < 4.78 is 8.82. The predicted molar refractivity (Wildman–Crippen MR) is 110 cm³/mol. The van der Waals surface area contributed by atoms with Crippen molar-refractivity contribution in [3.8, 4) is 0 Å². The Morgan fingerprint density at radius 2 is 1.77 bits per heavy atom. The molecule has 12 heteroatoms. The van der Waals surface area contributed by atoms with Crippen molar-refractivity contribution < 1.29 is 9.53 Å². The van der Waals surface area contributed by atoms with Crippen LogP contribution in [-0.4, -0.2) is 62.2 Å². The van der Waals surface area contributed by atoms with E-state index in [1.807, 2.05) is 0 Å². The summed E-state index contributed by atoms with van der Waals surface area (Å²) in [4.78, 5) is 41.5. The number of rotatable bonds is 7. The number of ketones is 1. The first kappa shape index (κ1) is 19.4. The minimum absolute atomic E-state index is 0.00981. The van der Waals surface area contributed by atoms with E-state index in [4.69, 9.17) is 10.5 Å². The number of nitrogens with one attached hydrogen (secondary N) is 1. The molecule has 0 unspecified atom stereocenters. The molecule has 160 valence electrons. The van der Waals surface area contributed by atoms with Crippen molar-refractivity contribution in [3.63, 3.8) is 0 Å². The van der Waals surface area contributed by atoms with Gasteiger partial charge in [-0.25, -0.2) is 4.79 Å². The SMILES string of the molecule is Nc1c(C(=O)CSc2nnc(N3CCOCC3)n2C2CC2)c(=O)[nH]c(=O)n1C1CC1. The summed E-state index contributed by atoms with van der Waals surface area (Å²) in [5, 5.41) is 9.31. The van der Waals surface area contributed by atoms with Crippen molar-refractivity contribution in [1.82, 2.24) is 24.3 Å². The number of H-pyrrole nitrogens is 1. The molecule has 2 aromatic heterocycles. The number of morpholine rings is 1. The van der Waals surface area contributed by atoms with Crippen LogP contribution in [0.2, 0.25) is 0 Å². The second-order valence-electron chi connectivity index (χ2n) is 7.82. The number of hydrogen-bond acceptors (Lipinski definition) is 9. The molecule has 1 saturated heterocycles. The largest absolute Gasteiger partial charge is 0.384 e. The molecule has 2 aliphatic carbocycles. The highest BCUT2D eigenvalue weighted by atomic mass is 32.2. The Morgan fingerprint density at radius 3 is 2.43 bits per heavy atom. The maximum Gasteiger partial charge on any atom is 0.330 e. The lowest BCUT2D eigenvalue weighted by Gasteiger charge is -2.27. The van der Waals surface area contributed by atoms with Crippen LogP contribution in [-0.2, 0) is 4.74 Å². The highest BCUT2D eigenvalue weighted by Gasteiger charge is 2.33. The molecule has 30 heavy (non-hydrogen) atoms. The topological polar surface area (TPSA) is 141 Å². The Labute approximate surface area is 175 Å². The molecule has 11 nitrogen and oxygen atoms in total. The number of hydrogen-bond donors (Lipinski definition) is 2. The van der Waals surface area contributed by atoms with E-state index < -0.39 is 17.0 Å². The monoisotopic (exact) mass is 433 g/mol. The molecule has 3 heterocycles. The highest BCUT2D eigenvalue weighted by molar-refractivity contribution is 7.99. The minimum Gasteiger partial charge on any atom is -0.384 e. The molecule has 5 rings (SSSR count). The lowest BCUT2D eigenvalue weighted by atomic mass is 10.2. The first-order valence-corrected chi connectivity index (χ1v) is 11.1. The number of ether oxygens (including phenoxy) is 1. The molecule has 0 spiro atoms. The van der Waals surface area contributed by atoms with Gasteiger partial charge >= 0.3 is 5.69 Å². The summed E-state index contributed by atoms with van der Waals surface area (Å²) in [7, 11) is 0. The number of carbonyl (C=O) groups is 1. The van der Waals surface area contributed by atoms with Crippen molar-refractivity contribution in [2.24, 2.45) is 0 Å². The van der Waals surface area contributed by atoms with Crippen molar-refractivity contribution in [2.75, 3.05) is 42.7 Å². The van der Waals surface area contributed by atoms with Crippen LogP contribution >= 0.6 is 11.8 Å². The quantitative estimate of drug-likeness (QED) is 0.462. The van der Waals surface area contributed by atoms with E-state index >= 15 is 0 Å². The highest BCUT2D eigenvalue weighted by Crippen LogP contribution is 2.41. The van der Waals surface area contributed by atoms with Gasteiger partial charge in [0, 0.05) is 25.2 Å². The summed E-state index contributed by atoms with van der Waals surface area (Å²) >= 11 is 1.24. The van der Waals surface area contributed by atoms with Crippen LogP contribution in [0, 0.1) is 0 Å². The first-order chi connectivity index (χ1) is 14.5. The second-order valence-corrected chi connectivity index (χ2v) is 8.76. The molecule has 3 fully saturated rings. The van der Waals surface area contributed by atoms with Crippen LogP contribution < -0.4 is 21.9 Å². The van der Waals surface area contributed by atoms with E-state index in [1.54, 1.807) is 0 Å². The number of thioether (sulfide) groups is 1. The number of carbonyl (C=O) groups excluding carboxylic acids is 1. The molecule has 0 bridgehead atoms. The van der Waals surface area contributed by atoms with E-state index in [2.05, 4.69) is 24.6 Å². The van der Waals surface area contributed by atoms with Crippen LogP contribution in [0.4, 0.5) is 11.8 Å². The maximum atomic E-state index is 12.9. The van der Waals surface area contributed by atoms with Gasteiger partial charge in [-0.05, 0) is 25.7 Å². The summed E-state index contributed by atoms with van der Waals surface area (Å²) in [5.74, 6) is 0.320. The van der Waals surface area contributed by atoms with E-state index in [9.17, 15) is 14.4 Å². The first-order valence-electron chi connectivity index (χ1n) is 10.1. The molecule has 0 atom stereocenters. The third-order valence-corrected chi connectivity index (χ3v) is 6.50. The third kappa shape index (κ3) is 3.54. The molecule has 2 aromatic rings. The minimum atomic E-state index is -0.738. The zero-order valence-electron chi connectivity index (χ0n) is 16.4. The molecule has 1 aliphatic heterocycles. The molecule has 3 N–H and O–H groups in total. The van der Waals surface area contributed by atoms with Gasteiger partial charge < -0.3 is 15.4 Å². The number of anilines is 2.